The molecule has 0 bridgehead atoms. The molecule has 1 heterocycles. The molecule has 84 valence electrons. The molecule has 2 rings (SSSR count). The third-order valence-corrected chi connectivity index (χ3v) is 2.96. The minimum Gasteiger partial charge on any atom is -0.325 e. The van der Waals surface area contributed by atoms with Gasteiger partial charge in [-0.25, -0.2) is 5.01 Å². The van der Waals surface area contributed by atoms with E-state index < -0.39 is 0 Å². The molecule has 0 aliphatic carbocycles. The smallest absolute Gasteiger partial charge is 0.253 e. The van der Waals surface area contributed by atoms with Crippen molar-refractivity contribution in [2.24, 2.45) is 10.8 Å². The Morgan fingerprint density at radius 3 is 2.69 bits per heavy atom. The maximum absolute atomic E-state index is 11.6. The zero-order valence-electron chi connectivity index (χ0n) is 8.28. The van der Waals surface area contributed by atoms with E-state index in [0.717, 1.165) is 0 Å². The molecule has 16 heavy (non-hydrogen) atoms. The first-order valence-electron chi connectivity index (χ1n) is 4.66. The lowest BCUT2D eigenvalue weighted by Crippen LogP contribution is -2.19. The fourth-order valence-corrected chi connectivity index (χ4v) is 1.71. The molecule has 1 aromatic carbocycles. The monoisotopic (exact) mass is 257 g/mol. The van der Waals surface area contributed by atoms with Crippen molar-refractivity contribution in [3.05, 3.63) is 28.2 Å². The maximum atomic E-state index is 11.6. The highest BCUT2D eigenvalue weighted by Crippen LogP contribution is 2.29. The number of hydrazone groups is 1. The van der Waals surface area contributed by atoms with Gasteiger partial charge in [-0.1, -0.05) is 23.2 Å². The van der Waals surface area contributed by atoms with Gasteiger partial charge in [0.05, 0.1) is 27.9 Å². The van der Waals surface area contributed by atoms with E-state index in [2.05, 4.69) is 5.10 Å². The van der Waals surface area contributed by atoms with Gasteiger partial charge in [-0.3, -0.25) is 4.79 Å². The van der Waals surface area contributed by atoms with Crippen LogP contribution in [0, 0.1) is 0 Å². The average molecular weight is 258 g/mol. The highest BCUT2D eigenvalue weighted by atomic mass is 35.5. The first kappa shape index (κ1) is 11.4. The van der Waals surface area contributed by atoms with Gasteiger partial charge in [0.25, 0.3) is 5.91 Å². The second-order valence-corrected chi connectivity index (χ2v) is 4.17. The van der Waals surface area contributed by atoms with Gasteiger partial charge in [0.15, 0.2) is 0 Å². The van der Waals surface area contributed by atoms with Gasteiger partial charge in [-0.2, -0.15) is 5.10 Å². The number of nitrogens with zero attached hydrogens (tertiary/aromatic N) is 2. The molecule has 1 aliphatic heterocycles. The second-order valence-electron chi connectivity index (χ2n) is 3.35. The number of hydrogen-bond acceptors (Lipinski definition) is 3. The van der Waals surface area contributed by atoms with Crippen LogP contribution < -0.4 is 10.7 Å². The van der Waals surface area contributed by atoms with E-state index in [0.29, 0.717) is 21.4 Å². The van der Waals surface area contributed by atoms with Crippen molar-refractivity contribution in [3.8, 4) is 0 Å². The molecule has 0 fully saturated rings. The summed E-state index contributed by atoms with van der Waals surface area (Å²) < 4.78 is 0. The van der Waals surface area contributed by atoms with E-state index in [1.165, 1.54) is 5.01 Å². The van der Waals surface area contributed by atoms with Crippen molar-refractivity contribution in [1.29, 1.82) is 0 Å². The van der Waals surface area contributed by atoms with Gasteiger partial charge < -0.3 is 5.73 Å². The van der Waals surface area contributed by atoms with Crippen LogP contribution in [0.25, 0.3) is 0 Å². The average Bonchev–Trinajstić information content (AvgIpc) is 2.64. The summed E-state index contributed by atoms with van der Waals surface area (Å²) in [6.45, 7) is 0.281. The lowest BCUT2D eigenvalue weighted by molar-refractivity contribution is -0.116. The molecule has 0 atom stereocenters. The predicted molar refractivity (Wildman–Crippen MR) is 65.1 cm³/mol. The van der Waals surface area contributed by atoms with Crippen LogP contribution in [0.2, 0.25) is 10.0 Å². The highest BCUT2D eigenvalue weighted by Gasteiger charge is 2.24. The molecule has 0 spiro atoms. The molecule has 1 amide bonds. The molecule has 2 N–H and O–H groups in total. The van der Waals surface area contributed by atoms with E-state index >= 15 is 0 Å². The van der Waals surface area contributed by atoms with Gasteiger partial charge in [0, 0.05) is 6.54 Å². The Morgan fingerprint density at radius 2 is 2.12 bits per heavy atom. The molecule has 0 saturated heterocycles. The molecule has 0 saturated carbocycles. The first-order valence-corrected chi connectivity index (χ1v) is 5.42. The van der Waals surface area contributed by atoms with Gasteiger partial charge in [-0.05, 0) is 18.2 Å². The van der Waals surface area contributed by atoms with Gasteiger partial charge in [-0.15, -0.1) is 0 Å². The molecule has 0 aromatic heterocycles. The SMILES string of the molecule is NCC1=NN(c2ccc(Cl)c(Cl)c2)C(=O)C1. The second kappa shape index (κ2) is 4.41. The van der Waals surface area contributed by atoms with E-state index in [4.69, 9.17) is 28.9 Å². The number of carbonyl (C=O) groups is 1. The van der Waals surface area contributed by atoms with Crippen molar-refractivity contribution in [2.45, 2.75) is 6.42 Å². The van der Waals surface area contributed by atoms with E-state index in [9.17, 15) is 4.79 Å². The van der Waals surface area contributed by atoms with Crippen molar-refractivity contribution >= 4 is 40.5 Å². The van der Waals surface area contributed by atoms with Crippen LogP contribution in [0.3, 0.4) is 0 Å². The molecule has 6 heteroatoms. The molecular formula is C10H9Cl2N3O. The van der Waals surface area contributed by atoms with Crippen molar-refractivity contribution < 1.29 is 4.79 Å². The van der Waals surface area contributed by atoms with Crippen LogP contribution in [0.4, 0.5) is 5.69 Å². The summed E-state index contributed by atoms with van der Waals surface area (Å²) in [4.78, 5) is 11.6. The lowest BCUT2D eigenvalue weighted by Gasteiger charge is -2.12. The Hall–Kier alpha value is -1.10. The zero-order chi connectivity index (χ0) is 11.7. The van der Waals surface area contributed by atoms with Gasteiger partial charge in [0.2, 0.25) is 0 Å². The Kier molecular flexibility index (Phi) is 3.14. The summed E-state index contributed by atoms with van der Waals surface area (Å²) in [5.41, 5.74) is 6.70. The standard InChI is InChI=1S/C10H9Cl2N3O/c11-8-2-1-7(4-9(8)12)15-10(16)3-6(5-13)14-15/h1-2,4H,3,5,13H2. The number of halogens is 2. The van der Waals surface area contributed by atoms with Gasteiger partial charge >= 0.3 is 0 Å². The third kappa shape index (κ3) is 2.04. The Bertz CT molecular complexity index is 473. The first-order chi connectivity index (χ1) is 7.61. The van der Waals surface area contributed by atoms with Crippen molar-refractivity contribution in [2.75, 3.05) is 11.6 Å². The quantitative estimate of drug-likeness (QED) is 0.882. The number of rotatable bonds is 2. The van der Waals surface area contributed by atoms with Gasteiger partial charge in [0.1, 0.15) is 0 Å². The summed E-state index contributed by atoms with van der Waals surface area (Å²) in [5.74, 6) is -0.112. The molecule has 1 aromatic rings. The Morgan fingerprint density at radius 1 is 1.38 bits per heavy atom. The van der Waals surface area contributed by atoms with E-state index in [-0.39, 0.29) is 18.9 Å². The number of hydrogen-bond donors (Lipinski definition) is 1. The summed E-state index contributed by atoms with van der Waals surface area (Å²) in [6.07, 6.45) is 0.261. The number of anilines is 1. The number of carbonyl (C=O) groups excluding carboxylic acids is 1. The van der Waals surface area contributed by atoms with E-state index in [1.807, 2.05) is 0 Å². The molecule has 0 radical (unpaired) electrons. The highest BCUT2D eigenvalue weighted by molar-refractivity contribution is 6.42. The van der Waals surface area contributed by atoms with Crippen LogP contribution in [-0.2, 0) is 4.79 Å². The van der Waals surface area contributed by atoms with E-state index in [1.54, 1.807) is 18.2 Å². The summed E-state index contributed by atoms with van der Waals surface area (Å²) in [7, 11) is 0. The molecular weight excluding hydrogens is 249 g/mol. The Balaban J connectivity index is 2.34. The van der Waals surface area contributed by atoms with Crippen LogP contribution in [0.15, 0.2) is 23.3 Å². The summed E-state index contributed by atoms with van der Waals surface area (Å²) in [6, 6.07) is 4.92. The minimum atomic E-state index is -0.112. The largest absolute Gasteiger partial charge is 0.325 e. The minimum absolute atomic E-state index is 0.112. The predicted octanol–water partition coefficient (Wildman–Crippen LogP) is 2.04. The maximum Gasteiger partial charge on any atom is 0.253 e. The number of benzene rings is 1. The fraction of sp³-hybridized carbons (Fsp3) is 0.200. The lowest BCUT2D eigenvalue weighted by atomic mass is 10.2. The Labute approximate surface area is 103 Å². The third-order valence-electron chi connectivity index (χ3n) is 2.22. The van der Waals surface area contributed by atoms with Crippen LogP contribution in [0.5, 0.6) is 0 Å². The van der Waals surface area contributed by atoms with Crippen LogP contribution >= 0.6 is 23.2 Å². The topological polar surface area (TPSA) is 58.7 Å². The number of amides is 1. The van der Waals surface area contributed by atoms with Crippen LogP contribution in [-0.4, -0.2) is 18.2 Å². The molecule has 0 unspecified atom stereocenters. The molecule has 1 aliphatic rings. The number of nitrogens with two attached hydrogens (primary N) is 1. The van der Waals surface area contributed by atoms with Crippen LogP contribution in [0.1, 0.15) is 6.42 Å². The fourth-order valence-electron chi connectivity index (χ4n) is 1.41. The van der Waals surface area contributed by atoms with Crippen molar-refractivity contribution in [1.82, 2.24) is 0 Å². The van der Waals surface area contributed by atoms with Crippen molar-refractivity contribution in [3.63, 3.8) is 0 Å². The zero-order valence-corrected chi connectivity index (χ0v) is 9.79. The normalized spacial score (nSPS) is 15.6. The summed E-state index contributed by atoms with van der Waals surface area (Å²) in [5, 5.41) is 6.23. The summed E-state index contributed by atoms with van der Waals surface area (Å²) >= 11 is 11.7. The molecule has 4 nitrogen and oxygen atoms in total.